The van der Waals surface area contributed by atoms with Gasteiger partial charge in [0.2, 0.25) is 0 Å². The van der Waals surface area contributed by atoms with Gasteiger partial charge >= 0.3 is 0 Å². The fourth-order valence-corrected chi connectivity index (χ4v) is 2.75. The van der Waals surface area contributed by atoms with E-state index >= 15 is 0 Å². The van der Waals surface area contributed by atoms with E-state index in [1.807, 2.05) is 73.7 Å². The third-order valence-electron chi connectivity index (χ3n) is 3.89. The zero-order valence-electron chi connectivity index (χ0n) is 14.4. The van der Waals surface area contributed by atoms with Crippen molar-refractivity contribution < 1.29 is 4.79 Å². The second kappa shape index (κ2) is 7.62. The van der Waals surface area contributed by atoms with Crippen LogP contribution >= 0.6 is 0 Å². The van der Waals surface area contributed by atoms with E-state index in [2.05, 4.69) is 22.8 Å². The maximum atomic E-state index is 12.7. The summed E-state index contributed by atoms with van der Waals surface area (Å²) in [6, 6.07) is 19.4. The van der Waals surface area contributed by atoms with Crippen LogP contribution in [-0.2, 0) is 0 Å². The van der Waals surface area contributed by atoms with Gasteiger partial charge in [0.15, 0.2) is 0 Å². The van der Waals surface area contributed by atoms with Crippen LogP contribution in [0.5, 0.6) is 0 Å². The van der Waals surface area contributed by atoms with Gasteiger partial charge in [0, 0.05) is 11.1 Å². The van der Waals surface area contributed by atoms with Crippen molar-refractivity contribution in [1.82, 2.24) is 15.8 Å². The Hall–Kier alpha value is -3.14. The van der Waals surface area contributed by atoms with E-state index in [9.17, 15) is 4.79 Å². The van der Waals surface area contributed by atoms with Gasteiger partial charge in [-0.1, -0.05) is 61.5 Å². The summed E-state index contributed by atoms with van der Waals surface area (Å²) in [6.45, 7) is 3.95. The minimum absolute atomic E-state index is 0.181. The van der Waals surface area contributed by atoms with Crippen LogP contribution in [0, 0.1) is 6.92 Å². The van der Waals surface area contributed by atoms with Crippen LogP contribution in [0.3, 0.4) is 0 Å². The van der Waals surface area contributed by atoms with Crippen molar-refractivity contribution in [1.29, 1.82) is 0 Å². The van der Waals surface area contributed by atoms with Crippen LogP contribution < -0.4 is 10.9 Å². The molecular formula is C21H21N3O. The number of pyridine rings is 1. The first-order valence-corrected chi connectivity index (χ1v) is 8.37. The molecule has 0 fully saturated rings. The van der Waals surface area contributed by atoms with E-state index in [0.717, 1.165) is 34.3 Å². The molecule has 1 heterocycles. The second-order valence-corrected chi connectivity index (χ2v) is 5.80. The molecule has 0 radical (unpaired) electrons. The highest BCUT2D eigenvalue weighted by molar-refractivity contribution is 6.06. The quantitative estimate of drug-likeness (QED) is 0.688. The van der Waals surface area contributed by atoms with Gasteiger partial charge in [-0.25, -0.2) is 0 Å². The number of aromatic nitrogens is 1. The summed E-state index contributed by atoms with van der Waals surface area (Å²) in [5, 5.41) is 0.841. The third-order valence-corrected chi connectivity index (χ3v) is 3.89. The van der Waals surface area contributed by atoms with Gasteiger partial charge in [0.1, 0.15) is 0 Å². The van der Waals surface area contributed by atoms with Gasteiger partial charge in [-0.05, 0) is 31.0 Å². The first-order valence-electron chi connectivity index (χ1n) is 8.37. The molecule has 4 nitrogen and oxygen atoms in total. The lowest BCUT2D eigenvalue weighted by Gasteiger charge is -2.14. The third kappa shape index (κ3) is 3.86. The van der Waals surface area contributed by atoms with Crippen LogP contribution in [-0.4, -0.2) is 10.9 Å². The molecule has 25 heavy (non-hydrogen) atoms. The summed E-state index contributed by atoms with van der Waals surface area (Å²) in [5.74, 6) is -0.181. The van der Waals surface area contributed by atoms with Gasteiger partial charge in [-0.2, -0.15) is 0 Å². The zero-order chi connectivity index (χ0) is 17.6. The Kier molecular flexibility index (Phi) is 5.09. The smallest absolute Gasteiger partial charge is 0.270 e. The molecule has 0 spiro atoms. The molecule has 0 aliphatic carbocycles. The molecule has 1 amide bonds. The standard InChI is InChI=1S/C21H21N3O/c1-3-9-19(16-10-5-4-6-11-16)23-24-21(25)18-14-15(2)22-20-13-8-7-12-17(18)20/h4-14,23H,3H2,1-2H3,(H,24,25)/b19-9-. The van der Waals surface area contributed by atoms with Crippen molar-refractivity contribution in [2.75, 3.05) is 0 Å². The van der Waals surface area contributed by atoms with E-state index in [1.54, 1.807) is 0 Å². The molecule has 0 saturated heterocycles. The van der Waals surface area contributed by atoms with Crippen molar-refractivity contribution in [3.05, 3.63) is 83.6 Å². The highest BCUT2D eigenvalue weighted by atomic mass is 16.2. The van der Waals surface area contributed by atoms with Crippen molar-refractivity contribution in [2.45, 2.75) is 20.3 Å². The summed E-state index contributed by atoms with van der Waals surface area (Å²) in [5.41, 5.74) is 10.0. The van der Waals surface area contributed by atoms with Crippen molar-refractivity contribution in [3.8, 4) is 0 Å². The van der Waals surface area contributed by atoms with Crippen LogP contribution in [0.2, 0.25) is 0 Å². The predicted octanol–water partition coefficient (Wildman–Crippen LogP) is 4.23. The second-order valence-electron chi connectivity index (χ2n) is 5.80. The topological polar surface area (TPSA) is 54.0 Å². The number of amides is 1. The first kappa shape index (κ1) is 16.7. The number of hydrogen-bond donors (Lipinski definition) is 2. The van der Waals surface area contributed by atoms with E-state index in [0.29, 0.717) is 5.56 Å². The molecule has 126 valence electrons. The fraction of sp³-hybridized carbons (Fsp3) is 0.143. The molecule has 0 bridgehead atoms. The highest BCUT2D eigenvalue weighted by Gasteiger charge is 2.12. The maximum absolute atomic E-state index is 12.7. The number of nitrogens with zero attached hydrogens (tertiary/aromatic N) is 1. The van der Waals surface area contributed by atoms with Crippen molar-refractivity contribution in [3.63, 3.8) is 0 Å². The average molecular weight is 331 g/mol. The lowest BCUT2D eigenvalue weighted by molar-refractivity contribution is 0.0944. The molecule has 0 atom stereocenters. The van der Waals surface area contributed by atoms with Crippen molar-refractivity contribution >= 4 is 22.5 Å². The molecule has 4 heteroatoms. The number of para-hydroxylation sites is 1. The van der Waals surface area contributed by atoms with Gasteiger partial charge in [0.05, 0.1) is 16.8 Å². The normalized spacial score (nSPS) is 11.4. The molecule has 2 aromatic carbocycles. The number of allylic oxidation sites excluding steroid dienone is 1. The first-order chi connectivity index (χ1) is 12.2. The van der Waals surface area contributed by atoms with Crippen molar-refractivity contribution in [2.24, 2.45) is 0 Å². The summed E-state index contributed by atoms with van der Waals surface area (Å²) < 4.78 is 0. The number of hydrogen-bond acceptors (Lipinski definition) is 3. The van der Waals surface area contributed by atoms with Gasteiger partial charge in [-0.3, -0.25) is 20.6 Å². The molecule has 3 rings (SSSR count). The Morgan fingerprint density at radius 1 is 1.04 bits per heavy atom. The lowest BCUT2D eigenvalue weighted by atomic mass is 10.1. The number of benzene rings is 2. The number of nitrogens with one attached hydrogen (secondary N) is 2. The minimum Gasteiger partial charge on any atom is -0.298 e. The Morgan fingerprint density at radius 3 is 2.52 bits per heavy atom. The minimum atomic E-state index is -0.181. The number of carbonyl (C=O) groups excluding carboxylic acids is 1. The molecular weight excluding hydrogens is 310 g/mol. The molecule has 0 aliphatic rings. The number of hydrazine groups is 1. The highest BCUT2D eigenvalue weighted by Crippen LogP contribution is 2.18. The van der Waals surface area contributed by atoms with E-state index in [4.69, 9.17) is 0 Å². The molecule has 3 aromatic rings. The number of rotatable bonds is 5. The largest absolute Gasteiger partial charge is 0.298 e. The monoisotopic (exact) mass is 331 g/mol. The number of fused-ring (bicyclic) bond motifs is 1. The predicted molar refractivity (Wildman–Crippen MR) is 102 cm³/mol. The van der Waals surface area contributed by atoms with Gasteiger partial charge < -0.3 is 0 Å². The van der Waals surface area contributed by atoms with E-state index < -0.39 is 0 Å². The molecule has 2 N–H and O–H groups in total. The Morgan fingerprint density at radius 2 is 1.76 bits per heavy atom. The number of aryl methyl sites for hydroxylation is 1. The lowest BCUT2D eigenvalue weighted by Crippen LogP contribution is -2.36. The Balaban J connectivity index is 1.84. The summed E-state index contributed by atoms with van der Waals surface area (Å²) in [7, 11) is 0. The van der Waals surface area contributed by atoms with Crippen LogP contribution in [0.1, 0.15) is 35.0 Å². The molecule has 0 aliphatic heterocycles. The Bertz CT molecular complexity index is 917. The van der Waals surface area contributed by atoms with E-state index in [1.165, 1.54) is 0 Å². The van der Waals surface area contributed by atoms with Gasteiger partial charge in [0.25, 0.3) is 5.91 Å². The zero-order valence-corrected chi connectivity index (χ0v) is 14.4. The SMILES string of the molecule is CC/C=C(\NNC(=O)c1cc(C)nc2ccccc12)c1ccccc1. The number of carbonyl (C=O) groups is 1. The maximum Gasteiger partial charge on any atom is 0.270 e. The molecule has 0 saturated carbocycles. The van der Waals surface area contributed by atoms with Crippen LogP contribution in [0.4, 0.5) is 0 Å². The van der Waals surface area contributed by atoms with E-state index in [-0.39, 0.29) is 5.91 Å². The average Bonchev–Trinajstić information content (AvgIpc) is 2.64. The summed E-state index contributed by atoms with van der Waals surface area (Å²) >= 11 is 0. The molecule has 1 aromatic heterocycles. The van der Waals surface area contributed by atoms with Crippen LogP contribution in [0.25, 0.3) is 16.6 Å². The van der Waals surface area contributed by atoms with Gasteiger partial charge in [-0.15, -0.1) is 0 Å². The fourth-order valence-electron chi connectivity index (χ4n) is 2.75. The van der Waals surface area contributed by atoms with Crippen LogP contribution in [0.15, 0.2) is 66.7 Å². The molecule has 0 unspecified atom stereocenters. The summed E-state index contributed by atoms with van der Waals surface area (Å²) in [4.78, 5) is 17.2. The summed E-state index contributed by atoms with van der Waals surface area (Å²) in [6.07, 6.45) is 2.91. The Labute approximate surface area is 147 Å².